The van der Waals surface area contributed by atoms with Crippen molar-refractivity contribution in [3.8, 4) is 0 Å². The molecule has 1 saturated heterocycles. The van der Waals surface area contributed by atoms with E-state index < -0.39 is 15.4 Å². The molecule has 0 bridgehead atoms. The summed E-state index contributed by atoms with van der Waals surface area (Å²) in [6.07, 6.45) is 4.49. The molecule has 6 nitrogen and oxygen atoms in total. The van der Waals surface area contributed by atoms with Crippen LogP contribution in [0.1, 0.15) is 37.7 Å². The lowest BCUT2D eigenvalue weighted by molar-refractivity contribution is -0.124. The molecule has 0 radical (unpaired) electrons. The van der Waals surface area contributed by atoms with Gasteiger partial charge in [0.1, 0.15) is 0 Å². The van der Waals surface area contributed by atoms with E-state index in [1.807, 2.05) is 30.3 Å². The number of rotatable bonds is 5. The predicted molar refractivity (Wildman–Crippen MR) is 118 cm³/mol. The summed E-state index contributed by atoms with van der Waals surface area (Å²) >= 11 is 1.32. The molecular weight excluding hydrogens is 418 g/mol. The molecule has 2 aliphatic rings. The second-order valence-electron chi connectivity index (χ2n) is 8.02. The first-order valence-corrected chi connectivity index (χ1v) is 12.5. The summed E-state index contributed by atoms with van der Waals surface area (Å²) in [7, 11) is -3.47. The number of benzene rings is 2. The second kappa shape index (κ2) is 7.44. The Labute approximate surface area is 180 Å². The van der Waals surface area contributed by atoms with Gasteiger partial charge in [-0.1, -0.05) is 48.1 Å². The van der Waals surface area contributed by atoms with Crippen LogP contribution >= 0.6 is 11.3 Å². The lowest BCUT2D eigenvalue weighted by Crippen LogP contribution is -2.45. The number of sulfonamides is 1. The smallest absolute Gasteiger partial charge is 0.243 e. The molecule has 0 atom stereocenters. The summed E-state index contributed by atoms with van der Waals surface area (Å²) in [5.74, 6) is -0.0380. The number of thiazole rings is 1. The van der Waals surface area contributed by atoms with Crippen molar-refractivity contribution in [3.05, 3.63) is 54.1 Å². The van der Waals surface area contributed by atoms with Gasteiger partial charge in [0.15, 0.2) is 5.13 Å². The largest absolute Gasteiger partial charge is 0.301 e. The van der Waals surface area contributed by atoms with Crippen LogP contribution in [-0.4, -0.2) is 36.7 Å². The second-order valence-corrected chi connectivity index (χ2v) is 11.0. The summed E-state index contributed by atoms with van der Waals surface area (Å²) in [5.41, 5.74) is 1.23. The molecule has 1 saturated carbocycles. The van der Waals surface area contributed by atoms with Crippen LogP contribution in [-0.2, 0) is 20.2 Å². The Morgan fingerprint density at radius 2 is 1.77 bits per heavy atom. The van der Waals surface area contributed by atoms with Crippen LogP contribution in [0.25, 0.3) is 10.2 Å². The van der Waals surface area contributed by atoms with Gasteiger partial charge in [-0.05, 0) is 49.4 Å². The lowest BCUT2D eigenvalue weighted by Gasteiger charge is -2.40. The molecule has 3 aromatic rings. The highest BCUT2D eigenvalue weighted by Gasteiger charge is 2.45. The minimum atomic E-state index is -3.47. The van der Waals surface area contributed by atoms with Gasteiger partial charge in [0.2, 0.25) is 15.9 Å². The van der Waals surface area contributed by atoms with Crippen LogP contribution in [0.4, 0.5) is 5.13 Å². The number of nitrogens with one attached hydrogen (secondary N) is 1. The maximum atomic E-state index is 13.1. The Balaban J connectivity index is 1.41. The first kappa shape index (κ1) is 19.7. The van der Waals surface area contributed by atoms with Gasteiger partial charge < -0.3 is 5.32 Å². The maximum Gasteiger partial charge on any atom is 0.243 e. The van der Waals surface area contributed by atoms with Crippen LogP contribution in [0, 0.1) is 0 Å². The molecule has 30 heavy (non-hydrogen) atoms. The first-order chi connectivity index (χ1) is 14.5. The van der Waals surface area contributed by atoms with E-state index >= 15 is 0 Å². The highest BCUT2D eigenvalue weighted by Crippen LogP contribution is 2.45. The van der Waals surface area contributed by atoms with Gasteiger partial charge >= 0.3 is 0 Å². The summed E-state index contributed by atoms with van der Waals surface area (Å²) in [4.78, 5) is 18.0. The fraction of sp³-hybridized carbons (Fsp3) is 0.364. The molecule has 156 valence electrons. The van der Waals surface area contributed by atoms with Gasteiger partial charge in [-0.3, -0.25) is 4.79 Å². The lowest BCUT2D eigenvalue weighted by atomic mass is 9.64. The van der Waals surface area contributed by atoms with Crippen molar-refractivity contribution in [1.82, 2.24) is 9.29 Å². The normalized spacial score (nSPS) is 18.9. The monoisotopic (exact) mass is 441 g/mol. The fourth-order valence-electron chi connectivity index (χ4n) is 4.35. The standard InChI is InChI=1S/C22H23N3O3S2/c26-20(22(11-6-12-22)16-7-2-1-3-8-16)24-21-23-18-10-9-17(15-19(18)29-21)30(27,28)25-13-4-5-14-25/h1-3,7-10,15H,4-6,11-14H2,(H,23,24,26). The molecule has 1 aliphatic carbocycles. The topological polar surface area (TPSA) is 79.4 Å². The van der Waals surface area contributed by atoms with Gasteiger partial charge in [0.05, 0.1) is 20.5 Å². The van der Waals surface area contributed by atoms with E-state index in [1.54, 1.807) is 18.2 Å². The van der Waals surface area contributed by atoms with Gasteiger partial charge in [-0.2, -0.15) is 4.31 Å². The number of fused-ring (bicyclic) bond motifs is 1. The average molecular weight is 442 g/mol. The molecule has 2 aromatic carbocycles. The van der Waals surface area contributed by atoms with Crippen molar-refractivity contribution in [2.75, 3.05) is 18.4 Å². The number of aromatic nitrogens is 1. The van der Waals surface area contributed by atoms with Crippen LogP contribution < -0.4 is 5.32 Å². The molecule has 0 spiro atoms. The Hall–Kier alpha value is -2.29. The first-order valence-electron chi connectivity index (χ1n) is 10.3. The van der Waals surface area contributed by atoms with Crippen molar-refractivity contribution in [1.29, 1.82) is 0 Å². The predicted octanol–water partition coefficient (Wildman–Crippen LogP) is 4.14. The zero-order valence-electron chi connectivity index (χ0n) is 16.5. The molecule has 2 heterocycles. The minimum absolute atomic E-state index is 0.0380. The molecular formula is C22H23N3O3S2. The number of carbonyl (C=O) groups is 1. The van der Waals surface area contributed by atoms with Gasteiger partial charge in [0, 0.05) is 13.1 Å². The van der Waals surface area contributed by atoms with E-state index in [0.717, 1.165) is 42.4 Å². The van der Waals surface area contributed by atoms with Crippen LogP contribution in [0.15, 0.2) is 53.4 Å². The minimum Gasteiger partial charge on any atom is -0.301 e. The van der Waals surface area contributed by atoms with E-state index in [4.69, 9.17) is 0 Å². The third-order valence-electron chi connectivity index (χ3n) is 6.25. The summed E-state index contributed by atoms with van der Waals surface area (Å²) in [6.45, 7) is 1.15. The van der Waals surface area contributed by atoms with Gasteiger partial charge in [0.25, 0.3) is 0 Å². The highest BCUT2D eigenvalue weighted by molar-refractivity contribution is 7.89. The SMILES string of the molecule is O=C(Nc1nc2ccc(S(=O)(=O)N3CCCC3)cc2s1)C1(c2ccccc2)CCC1. The van der Waals surface area contributed by atoms with Crippen molar-refractivity contribution < 1.29 is 13.2 Å². The van der Waals surface area contributed by atoms with Crippen molar-refractivity contribution >= 4 is 42.6 Å². The Morgan fingerprint density at radius 1 is 1.03 bits per heavy atom. The van der Waals surface area contributed by atoms with E-state index in [9.17, 15) is 13.2 Å². The molecule has 2 fully saturated rings. The third kappa shape index (κ3) is 3.23. The van der Waals surface area contributed by atoms with Gasteiger partial charge in [-0.25, -0.2) is 13.4 Å². The Kier molecular flexibility index (Phi) is 4.88. The number of carbonyl (C=O) groups excluding carboxylic acids is 1. The average Bonchev–Trinajstić information content (AvgIpc) is 3.37. The number of hydrogen-bond acceptors (Lipinski definition) is 5. The van der Waals surface area contributed by atoms with E-state index in [2.05, 4.69) is 10.3 Å². The van der Waals surface area contributed by atoms with E-state index in [1.165, 1.54) is 15.6 Å². The molecule has 1 amide bonds. The quantitative estimate of drug-likeness (QED) is 0.645. The number of amides is 1. The number of nitrogens with zero attached hydrogens (tertiary/aromatic N) is 2. The Morgan fingerprint density at radius 3 is 2.43 bits per heavy atom. The summed E-state index contributed by atoms with van der Waals surface area (Å²) < 4.78 is 28.0. The number of anilines is 1. The van der Waals surface area contributed by atoms with E-state index in [0.29, 0.717) is 23.7 Å². The van der Waals surface area contributed by atoms with Crippen LogP contribution in [0.2, 0.25) is 0 Å². The fourth-order valence-corrected chi connectivity index (χ4v) is 6.87. The van der Waals surface area contributed by atoms with E-state index in [-0.39, 0.29) is 10.8 Å². The zero-order chi connectivity index (χ0) is 20.8. The van der Waals surface area contributed by atoms with Gasteiger partial charge in [-0.15, -0.1) is 0 Å². The highest BCUT2D eigenvalue weighted by atomic mass is 32.2. The summed E-state index contributed by atoms with van der Waals surface area (Å²) in [5, 5.41) is 3.50. The maximum absolute atomic E-state index is 13.1. The molecule has 0 unspecified atom stereocenters. The van der Waals surface area contributed by atoms with Crippen molar-refractivity contribution in [3.63, 3.8) is 0 Å². The van der Waals surface area contributed by atoms with Crippen LogP contribution in [0.5, 0.6) is 0 Å². The van der Waals surface area contributed by atoms with Crippen molar-refractivity contribution in [2.45, 2.75) is 42.4 Å². The number of hydrogen-bond donors (Lipinski definition) is 1. The Bertz CT molecular complexity index is 1190. The summed E-state index contributed by atoms with van der Waals surface area (Å²) in [6, 6.07) is 14.9. The van der Waals surface area contributed by atoms with Crippen LogP contribution in [0.3, 0.4) is 0 Å². The third-order valence-corrected chi connectivity index (χ3v) is 9.08. The molecule has 1 N–H and O–H groups in total. The zero-order valence-corrected chi connectivity index (χ0v) is 18.1. The molecule has 5 rings (SSSR count). The molecule has 1 aliphatic heterocycles. The molecule has 1 aromatic heterocycles. The van der Waals surface area contributed by atoms with Crippen molar-refractivity contribution in [2.24, 2.45) is 0 Å². The molecule has 8 heteroatoms.